The third-order valence-corrected chi connectivity index (χ3v) is 6.64. The Bertz CT molecular complexity index is 733. The first-order valence-corrected chi connectivity index (χ1v) is 8.63. The van der Waals surface area contributed by atoms with E-state index in [4.69, 9.17) is 21.1 Å². The van der Waals surface area contributed by atoms with E-state index in [1.54, 1.807) is 7.11 Å². The van der Waals surface area contributed by atoms with Crippen LogP contribution in [0.1, 0.15) is 17.5 Å². The molecule has 5 atom stereocenters. The Hall–Kier alpha value is -1.23. The van der Waals surface area contributed by atoms with E-state index in [1.807, 2.05) is 6.07 Å². The van der Waals surface area contributed by atoms with Gasteiger partial charge in [0.25, 0.3) is 0 Å². The van der Waals surface area contributed by atoms with Crippen molar-refractivity contribution in [1.82, 2.24) is 4.90 Å². The number of likely N-dealkylation sites (N-methyl/N-ethyl adjacent to an activating group) is 1. The Kier molecular flexibility index (Phi) is 2.73. The van der Waals surface area contributed by atoms with E-state index >= 15 is 0 Å². The van der Waals surface area contributed by atoms with Gasteiger partial charge in [0.1, 0.15) is 12.2 Å². The van der Waals surface area contributed by atoms with Crippen molar-refractivity contribution in [2.24, 2.45) is 0 Å². The lowest BCUT2D eigenvalue weighted by atomic mass is 9.56. The van der Waals surface area contributed by atoms with Crippen LogP contribution in [0.15, 0.2) is 23.8 Å². The van der Waals surface area contributed by atoms with Crippen molar-refractivity contribution in [3.63, 3.8) is 0 Å². The second-order valence-corrected chi connectivity index (χ2v) is 7.65. The summed E-state index contributed by atoms with van der Waals surface area (Å²) < 4.78 is 11.8. The highest BCUT2D eigenvalue weighted by Crippen LogP contribution is 2.62. The molecule has 1 spiro atoms. The second-order valence-electron chi connectivity index (χ2n) is 7.15. The summed E-state index contributed by atoms with van der Waals surface area (Å²) in [7, 11) is 3.84. The zero-order valence-electron chi connectivity index (χ0n) is 13.3. The molecule has 1 aromatic rings. The van der Waals surface area contributed by atoms with Gasteiger partial charge in [-0.1, -0.05) is 12.1 Å². The average molecular weight is 334 g/mol. The van der Waals surface area contributed by atoms with Crippen LogP contribution in [0, 0.1) is 0 Å². The molecule has 2 heterocycles. The lowest BCUT2D eigenvalue weighted by Gasteiger charge is -2.54. The summed E-state index contributed by atoms with van der Waals surface area (Å²) in [5.41, 5.74) is 3.65. The molecule has 4 aliphatic rings. The molecule has 122 valence electrons. The molecule has 2 aliphatic carbocycles. The quantitative estimate of drug-likeness (QED) is 0.629. The molecule has 2 aliphatic heterocycles. The van der Waals surface area contributed by atoms with Crippen LogP contribution in [0.3, 0.4) is 0 Å². The van der Waals surface area contributed by atoms with Crippen molar-refractivity contribution in [3.05, 3.63) is 34.9 Å². The fourth-order valence-corrected chi connectivity index (χ4v) is 5.47. The summed E-state index contributed by atoms with van der Waals surface area (Å²) in [5, 5.41) is 10.3. The largest absolute Gasteiger partial charge is 0.493 e. The molecule has 0 radical (unpaired) electrons. The first-order valence-electron chi connectivity index (χ1n) is 8.19. The number of ether oxygens (including phenoxy) is 2. The Balaban J connectivity index is 1.84. The monoisotopic (exact) mass is 333 g/mol. The average Bonchev–Trinajstić information content (AvgIpc) is 2.89. The number of benzene rings is 1. The number of methoxy groups -OCH3 is 1. The summed E-state index contributed by atoms with van der Waals surface area (Å²) in [6.45, 7) is 0.998. The van der Waals surface area contributed by atoms with Crippen molar-refractivity contribution in [1.29, 1.82) is 0 Å². The van der Waals surface area contributed by atoms with Crippen LogP contribution in [0.2, 0.25) is 0 Å². The summed E-state index contributed by atoms with van der Waals surface area (Å²) in [4.78, 5) is 2.40. The van der Waals surface area contributed by atoms with Crippen molar-refractivity contribution >= 4 is 11.6 Å². The number of aliphatic hydroxyl groups excluding tert-OH is 1. The van der Waals surface area contributed by atoms with Crippen molar-refractivity contribution < 1.29 is 14.6 Å². The number of hydrogen-bond acceptors (Lipinski definition) is 4. The van der Waals surface area contributed by atoms with Crippen LogP contribution >= 0.6 is 11.6 Å². The molecule has 4 nitrogen and oxygen atoms in total. The molecule has 0 amide bonds. The van der Waals surface area contributed by atoms with Gasteiger partial charge in [-0.25, -0.2) is 0 Å². The van der Waals surface area contributed by atoms with Gasteiger partial charge >= 0.3 is 0 Å². The van der Waals surface area contributed by atoms with E-state index in [2.05, 4.69) is 24.1 Å². The predicted octanol–water partition coefficient (Wildman–Crippen LogP) is 1.86. The molecule has 1 saturated heterocycles. The number of rotatable bonds is 1. The molecule has 0 aromatic heterocycles. The number of piperidine rings is 1. The number of hydrogen-bond donors (Lipinski definition) is 1. The third-order valence-electron chi connectivity index (χ3n) is 6.26. The standard InChI is InChI=1S/C18H20ClNO3/c1-20-6-5-18-10-8-11(19)15(21)17(18)23-16-13(22-2)4-3-9(14(16)18)7-12(10)20/h3-4,8,11-12,15,17,21H,5-7H2,1-2H3/t11-,12-,15+,17-,18+/m1/s1. The van der Waals surface area contributed by atoms with Crippen LogP contribution < -0.4 is 9.47 Å². The number of alkyl halides is 1. The van der Waals surface area contributed by atoms with Gasteiger partial charge in [0, 0.05) is 11.6 Å². The van der Waals surface area contributed by atoms with Crippen LogP contribution in [0.5, 0.6) is 11.5 Å². The smallest absolute Gasteiger partial charge is 0.166 e. The molecule has 0 saturated carbocycles. The lowest BCUT2D eigenvalue weighted by Crippen LogP contribution is -2.63. The van der Waals surface area contributed by atoms with Gasteiger partial charge < -0.3 is 14.6 Å². The highest BCUT2D eigenvalue weighted by atomic mass is 35.5. The number of halogens is 1. The second kappa shape index (κ2) is 4.44. The minimum Gasteiger partial charge on any atom is -0.493 e. The first kappa shape index (κ1) is 14.1. The fraction of sp³-hybridized carbons (Fsp3) is 0.556. The van der Waals surface area contributed by atoms with Gasteiger partial charge in [-0.2, -0.15) is 0 Å². The Labute approximate surface area is 140 Å². The van der Waals surface area contributed by atoms with Gasteiger partial charge in [-0.05, 0) is 43.6 Å². The van der Waals surface area contributed by atoms with E-state index in [0.717, 1.165) is 30.9 Å². The van der Waals surface area contributed by atoms with E-state index < -0.39 is 11.5 Å². The number of aliphatic hydroxyl groups is 1. The summed E-state index contributed by atoms with van der Waals surface area (Å²) in [6, 6.07) is 4.49. The lowest BCUT2D eigenvalue weighted by molar-refractivity contribution is -0.0105. The highest BCUT2D eigenvalue weighted by molar-refractivity contribution is 6.22. The minimum atomic E-state index is -0.701. The first-order chi connectivity index (χ1) is 11.1. The summed E-state index contributed by atoms with van der Waals surface area (Å²) in [6.07, 6.45) is 2.99. The van der Waals surface area contributed by atoms with Gasteiger partial charge in [0.05, 0.1) is 17.9 Å². The Morgan fingerprint density at radius 3 is 3.04 bits per heavy atom. The normalized spacial score (nSPS) is 40.3. The number of nitrogens with zero attached hydrogens (tertiary/aromatic N) is 1. The van der Waals surface area contributed by atoms with E-state index in [9.17, 15) is 5.11 Å². The van der Waals surface area contributed by atoms with Crippen molar-refractivity contribution in [3.8, 4) is 11.5 Å². The van der Waals surface area contributed by atoms with Gasteiger partial charge in [0.2, 0.25) is 0 Å². The molecule has 23 heavy (non-hydrogen) atoms. The molecule has 1 aromatic carbocycles. The van der Waals surface area contributed by atoms with E-state index in [-0.39, 0.29) is 11.5 Å². The van der Waals surface area contributed by atoms with E-state index in [1.165, 1.54) is 16.7 Å². The van der Waals surface area contributed by atoms with Gasteiger partial charge in [0.15, 0.2) is 11.5 Å². The Morgan fingerprint density at radius 1 is 1.43 bits per heavy atom. The molecular formula is C18H20ClNO3. The molecule has 5 heteroatoms. The maximum absolute atomic E-state index is 10.7. The SMILES string of the molecule is COc1ccc2c3c1O[C@@H]1[C@@H](O)[C@H](Cl)C=C4[C@@H](C2)N(C)CC[C@]431. The third kappa shape index (κ3) is 1.50. The van der Waals surface area contributed by atoms with Crippen molar-refractivity contribution in [2.75, 3.05) is 20.7 Å². The minimum absolute atomic E-state index is 0.237. The maximum atomic E-state index is 10.7. The molecule has 5 rings (SSSR count). The number of likely N-dealkylation sites (tertiary alicyclic amines) is 1. The highest BCUT2D eigenvalue weighted by Gasteiger charge is 2.63. The zero-order chi connectivity index (χ0) is 15.9. The maximum Gasteiger partial charge on any atom is 0.166 e. The van der Waals surface area contributed by atoms with Crippen LogP contribution in [0.25, 0.3) is 0 Å². The van der Waals surface area contributed by atoms with Gasteiger partial charge in [-0.15, -0.1) is 11.6 Å². The molecular weight excluding hydrogens is 314 g/mol. The van der Waals surface area contributed by atoms with Crippen LogP contribution in [-0.2, 0) is 11.8 Å². The molecule has 2 bridgehead atoms. The molecule has 0 unspecified atom stereocenters. The van der Waals surface area contributed by atoms with Crippen molar-refractivity contribution in [2.45, 2.75) is 41.9 Å². The summed E-state index contributed by atoms with van der Waals surface area (Å²) >= 11 is 6.44. The zero-order valence-corrected chi connectivity index (χ0v) is 14.0. The topological polar surface area (TPSA) is 41.9 Å². The molecule has 1 N–H and O–H groups in total. The molecule has 1 fully saturated rings. The predicted molar refractivity (Wildman–Crippen MR) is 87.6 cm³/mol. The Morgan fingerprint density at radius 2 is 2.26 bits per heavy atom. The van der Waals surface area contributed by atoms with Crippen LogP contribution in [-0.4, -0.2) is 54.3 Å². The summed E-state index contributed by atoms with van der Waals surface area (Å²) in [5.74, 6) is 1.57. The van der Waals surface area contributed by atoms with Gasteiger partial charge in [-0.3, -0.25) is 4.90 Å². The van der Waals surface area contributed by atoms with E-state index in [0.29, 0.717) is 6.04 Å². The fourth-order valence-electron chi connectivity index (χ4n) is 5.21. The van der Waals surface area contributed by atoms with Crippen LogP contribution in [0.4, 0.5) is 0 Å².